The molecule has 1 aliphatic rings. The molecule has 2 heterocycles. The second-order valence-corrected chi connectivity index (χ2v) is 10.6. The van der Waals surface area contributed by atoms with Gasteiger partial charge in [-0.3, -0.25) is 0 Å². The summed E-state index contributed by atoms with van der Waals surface area (Å²) >= 11 is 1.74. The van der Waals surface area contributed by atoms with Crippen molar-refractivity contribution in [2.75, 3.05) is 31.6 Å². The molecule has 0 fully saturated rings. The minimum Gasteiger partial charge on any atom is -0.383 e. The molecule has 168 valence electrons. The molecule has 32 heavy (non-hydrogen) atoms. The van der Waals surface area contributed by atoms with Crippen LogP contribution in [0.2, 0.25) is 0 Å². The molecule has 1 aromatic heterocycles. The van der Waals surface area contributed by atoms with Gasteiger partial charge in [0.25, 0.3) is 0 Å². The molecular formula is C24H27N3O3S2. The average Bonchev–Trinajstić information content (AvgIpc) is 2.98. The molecule has 0 bridgehead atoms. The molecule has 6 nitrogen and oxygen atoms in total. The van der Waals surface area contributed by atoms with Gasteiger partial charge in [0.15, 0.2) is 0 Å². The minimum atomic E-state index is -3.50. The van der Waals surface area contributed by atoms with E-state index in [1.54, 1.807) is 24.0 Å². The van der Waals surface area contributed by atoms with E-state index in [1.165, 1.54) is 11.1 Å². The van der Waals surface area contributed by atoms with Crippen molar-refractivity contribution in [1.29, 1.82) is 0 Å². The van der Waals surface area contributed by atoms with Gasteiger partial charge in [-0.2, -0.15) is 13.5 Å². The Morgan fingerprint density at radius 2 is 1.78 bits per heavy atom. The van der Waals surface area contributed by atoms with E-state index < -0.39 is 10.1 Å². The van der Waals surface area contributed by atoms with Crippen molar-refractivity contribution in [2.24, 2.45) is 0 Å². The van der Waals surface area contributed by atoms with Gasteiger partial charge in [-0.25, -0.2) is 0 Å². The van der Waals surface area contributed by atoms with Crippen LogP contribution in [-0.4, -0.2) is 55.2 Å². The summed E-state index contributed by atoms with van der Waals surface area (Å²) in [5.41, 5.74) is 4.69. The Hall–Kier alpha value is -2.42. The lowest BCUT2D eigenvalue weighted by Crippen LogP contribution is -2.27. The Morgan fingerprint density at radius 3 is 2.56 bits per heavy atom. The number of thioether (sulfide) groups is 1. The van der Waals surface area contributed by atoms with Crippen LogP contribution in [0.1, 0.15) is 17.5 Å². The molecule has 1 aliphatic heterocycles. The van der Waals surface area contributed by atoms with Crippen LogP contribution >= 0.6 is 11.8 Å². The summed E-state index contributed by atoms with van der Waals surface area (Å²) in [5.74, 6) is 1.39. The summed E-state index contributed by atoms with van der Waals surface area (Å²) in [6, 6.07) is 17.9. The van der Waals surface area contributed by atoms with Crippen molar-refractivity contribution >= 4 is 21.9 Å². The number of hydrogen-bond donors (Lipinski definition) is 0. The minimum absolute atomic E-state index is 0.398. The maximum Gasteiger partial charge on any atom is 0.306 e. The largest absolute Gasteiger partial charge is 0.383 e. The van der Waals surface area contributed by atoms with Gasteiger partial charge in [-0.1, -0.05) is 36.4 Å². The van der Waals surface area contributed by atoms with Crippen molar-refractivity contribution in [3.8, 4) is 16.9 Å². The molecule has 0 spiro atoms. The fourth-order valence-electron chi connectivity index (χ4n) is 3.87. The van der Waals surface area contributed by atoms with E-state index in [1.807, 2.05) is 30.3 Å². The molecule has 0 atom stereocenters. The van der Waals surface area contributed by atoms with E-state index >= 15 is 0 Å². The van der Waals surface area contributed by atoms with Gasteiger partial charge in [0.05, 0.1) is 12.5 Å². The second-order valence-electron chi connectivity index (χ2n) is 7.91. The summed E-state index contributed by atoms with van der Waals surface area (Å²) in [6.45, 7) is 3.00. The zero-order valence-electron chi connectivity index (χ0n) is 18.1. The Kier molecular flexibility index (Phi) is 7.44. The number of benzene rings is 2. The van der Waals surface area contributed by atoms with E-state index in [-0.39, 0.29) is 0 Å². The van der Waals surface area contributed by atoms with Crippen LogP contribution in [0.15, 0.2) is 65.8 Å². The third-order valence-electron chi connectivity index (χ3n) is 5.43. The Morgan fingerprint density at radius 1 is 1.00 bits per heavy atom. The smallest absolute Gasteiger partial charge is 0.306 e. The Balaban J connectivity index is 1.26. The average molecular weight is 470 g/mol. The van der Waals surface area contributed by atoms with Gasteiger partial charge < -0.3 is 9.08 Å². The van der Waals surface area contributed by atoms with Gasteiger partial charge in [-0.15, -0.1) is 16.9 Å². The van der Waals surface area contributed by atoms with Crippen LogP contribution in [-0.2, 0) is 23.0 Å². The Bertz CT molecular complexity index is 1150. The lowest BCUT2D eigenvalue weighted by atomic mass is 10.0. The molecule has 0 aliphatic carbocycles. The maximum atomic E-state index is 11.4. The Labute approximate surface area is 194 Å². The summed E-state index contributed by atoms with van der Waals surface area (Å²) in [6.07, 6.45) is 5.81. The predicted molar refractivity (Wildman–Crippen MR) is 129 cm³/mol. The fraction of sp³-hybridized carbons (Fsp3) is 0.333. The molecule has 0 amide bonds. The van der Waals surface area contributed by atoms with Crippen molar-refractivity contribution < 1.29 is 12.6 Å². The van der Waals surface area contributed by atoms with E-state index in [0.717, 1.165) is 67.1 Å². The van der Waals surface area contributed by atoms with Crippen LogP contribution in [0.25, 0.3) is 11.1 Å². The summed E-state index contributed by atoms with van der Waals surface area (Å²) in [7, 11) is -3.50. The van der Waals surface area contributed by atoms with Crippen molar-refractivity contribution in [1.82, 2.24) is 15.1 Å². The molecule has 0 N–H and O–H groups in total. The first kappa shape index (κ1) is 22.8. The summed E-state index contributed by atoms with van der Waals surface area (Å²) in [5, 5.41) is 9.39. The fourth-order valence-corrected chi connectivity index (χ4v) is 5.12. The quantitative estimate of drug-likeness (QED) is 0.280. The standard InChI is InChI=1S/C24H27N3O3S2/c1-32(28,29)30-23-9-8-20-10-13-27(14-11-21(20)16-23)12-5-15-31-24-17-22(18-25-26-24)19-6-3-2-4-7-19/h2-4,6-9,16-18H,5,10-15H2,1H3. The normalized spacial score (nSPS) is 14.5. The monoisotopic (exact) mass is 469 g/mol. The summed E-state index contributed by atoms with van der Waals surface area (Å²) in [4.78, 5) is 2.48. The number of hydrogen-bond acceptors (Lipinski definition) is 7. The predicted octanol–water partition coefficient (Wildman–Crippen LogP) is 4.07. The topological polar surface area (TPSA) is 72.4 Å². The lowest BCUT2D eigenvalue weighted by Gasteiger charge is -2.19. The van der Waals surface area contributed by atoms with Gasteiger partial charge >= 0.3 is 10.1 Å². The summed E-state index contributed by atoms with van der Waals surface area (Å²) < 4.78 is 27.8. The third-order valence-corrected chi connectivity index (χ3v) is 6.91. The molecule has 0 unspecified atom stereocenters. The highest BCUT2D eigenvalue weighted by atomic mass is 32.2. The van der Waals surface area contributed by atoms with E-state index in [9.17, 15) is 8.42 Å². The molecule has 3 aromatic rings. The number of fused-ring (bicyclic) bond motifs is 1. The van der Waals surface area contributed by atoms with E-state index in [0.29, 0.717) is 5.75 Å². The van der Waals surface area contributed by atoms with Crippen molar-refractivity contribution in [2.45, 2.75) is 24.3 Å². The number of nitrogens with zero attached hydrogens (tertiary/aromatic N) is 3. The molecule has 4 rings (SSSR count). The van der Waals surface area contributed by atoms with E-state index in [2.05, 4.69) is 33.3 Å². The second kappa shape index (κ2) is 10.5. The zero-order chi connectivity index (χ0) is 22.4. The van der Waals surface area contributed by atoms with Gasteiger partial charge in [0.2, 0.25) is 0 Å². The SMILES string of the molecule is CS(=O)(=O)Oc1ccc2c(c1)CCN(CCCSc1cc(-c3ccccc3)cnn1)CC2. The zero-order valence-corrected chi connectivity index (χ0v) is 19.7. The molecular weight excluding hydrogens is 442 g/mol. The van der Waals surface area contributed by atoms with Crippen LogP contribution in [0.3, 0.4) is 0 Å². The van der Waals surface area contributed by atoms with Crippen molar-refractivity contribution in [3.63, 3.8) is 0 Å². The van der Waals surface area contributed by atoms with E-state index in [4.69, 9.17) is 4.18 Å². The van der Waals surface area contributed by atoms with Gasteiger partial charge in [0, 0.05) is 24.4 Å². The first-order valence-electron chi connectivity index (χ1n) is 10.7. The van der Waals surface area contributed by atoms with Crippen LogP contribution in [0.4, 0.5) is 0 Å². The maximum absolute atomic E-state index is 11.4. The highest BCUT2D eigenvalue weighted by Crippen LogP contribution is 2.25. The molecule has 2 aromatic carbocycles. The number of aromatic nitrogens is 2. The molecule has 0 saturated carbocycles. The third kappa shape index (κ3) is 6.54. The van der Waals surface area contributed by atoms with Crippen LogP contribution < -0.4 is 4.18 Å². The molecule has 0 radical (unpaired) electrons. The number of rotatable bonds is 8. The van der Waals surface area contributed by atoms with Crippen LogP contribution in [0, 0.1) is 0 Å². The highest BCUT2D eigenvalue weighted by Gasteiger charge is 2.15. The lowest BCUT2D eigenvalue weighted by molar-refractivity contribution is 0.289. The van der Waals surface area contributed by atoms with Gasteiger partial charge in [0.1, 0.15) is 10.8 Å². The van der Waals surface area contributed by atoms with Crippen molar-refractivity contribution in [3.05, 3.63) is 71.9 Å². The molecule has 8 heteroatoms. The first-order valence-corrected chi connectivity index (χ1v) is 13.5. The molecule has 0 saturated heterocycles. The highest BCUT2D eigenvalue weighted by molar-refractivity contribution is 7.99. The van der Waals surface area contributed by atoms with Crippen LogP contribution in [0.5, 0.6) is 5.75 Å². The van der Waals surface area contributed by atoms with Gasteiger partial charge in [-0.05, 0) is 60.7 Å². The first-order chi connectivity index (χ1) is 15.5.